The van der Waals surface area contributed by atoms with Gasteiger partial charge in [-0.05, 0) is 84.6 Å². The van der Waals surface area contributed by atoms with Gasteiger partial charge in [0, 0.05) is 33.2 Å². The molecule has 2 heterocycles. The maximum Gasteiger partial charge on any atom is 0.0701 e. The Hall–Kier alpha value is -5.33. The summed E-state index contributed by atoms with van der Waals surface area (Å²) in [5.41, 5.74) is 11.9. The van der Waals surface area contributed by atoms with Crippen LogP contribution in [-0.4, -0.2) is 9.13 Å². The number of rotatable bonds is 3. The first-order valence-corrected chi connectivity index (χ1v) is 14.1. The van der Waals surface area contributed by atoms with E-state index < -0.39 is 0 Å². The van der Waals surface area contributed by atoms with Crippen LogP contribution in [0.25, 0.3) is 61.3 Å². The van der Waals surface area contributed by atoms with Gasteiger partial charge in [0.15, 0.2) is 0 Å². The van der Waals surface area contributed by atoms with Crippen LogP contribution in [0.1, 0.15) is 16.8 Å². The third kappa shape index (κ3) is 3.65. The van der Waals surface area contributed by atoms with Gasteiger partial charge in [0.2, 0.25) is 0 Å². The van der Waals surface area contributed by atoms with E-state index >= 15 is 0 Å². The first kappa shape index (κ1) is 23.5. The summed E-state index contributed by atoms with van der Waals surface area (Å²) in [6, 6.07) is 44.0. The van der Waals surface area contributed by atoms with E-state index in [4.69, 9.17) is 0 Å². The highest BCUT2D eigenvalue weighted by atomic mass is 15.0. The molecule has 0 N–H and O–H groups in total. The first-order valence-electron chi connectivity index (χ1n) is 14.1. The van der Waals surface area contributed by atoms with E-state index in [0.717, 1.165) is 17.8 Å². The van der Waals surface area contributed by atoms with Crippen molar-refractivity contribution in [1.29, 1.82) is 5.26 Å². The first-order chi connectivity index (χ1) is 20.2. The molecule has 0 bridgehead atoms. The molecular formula is C38H27N3. The quantitative estimate of drug-likeness (QED) is 0.226. The molecule has 194 valence electrons. The molecule has 5 aromatic carbocycles. The molecule has 1 unspecified atom stereocenters. The highest BCUT2D eigenvalue weighted by molar-refractivity contribution is 6.09. The number of para-hydroxylation sites is 2. The third-order valence-corrected chi connectivity index (χ3v) is 8.47. The Morgan fingerprint density at radius 3 is 2.00 bits per heavy atom. The zero-order valence-electron chi connectivity index (χ0n) is 22.8. The van der Waals surface area contributed by atoms with Crippen LogP contribution in [0.4, 0.5) is 0 Å². The minimum atomic E-state index is -0.0828. The van der Waals surface area contributed by atoms with Gasteiger partial charge < -0.3 is 9.13 Å². The molecule has 41 heavy (non-hydrogen) atoms. The van der Waals surface area contributed by atoms with Crippen molar-refractivity contribution in [2.75, 3.05) is 0 Å². The van der Waals surface area contributed by atoms with Crippen molar-refractivity contribution in [3.8, 4) is 28.6 Å². The molecule has 0 saturated heterocycles. The highest BCUT2D eigenvalue weighted by Gasteiger charge is 2.22. The second kappa shape index (κ2) is 9.11. The van der Waals surface area contributed by atoms with E-state index in [-0.39, 0.29) is 5.92 Å². The van der Waals surface area contributed by atoms with Crippen LogP contribution in [0.15, 0.2) is 121 Å². The molecule has 3 heteroatoms. The summed E-state index contributed by atoms with van der Waals surface area (Å²) in [6.07, 6.45) is 4.91. The molecule has 0 saturated carbocycles. The fourth-order valence-electron chi connectivity index (χ4n) is 6.59. The highest BCUT2D eigenvalue weighted by Crippen LogP contribution is 2.37. The average molecular weight is 526 g/mol. The van der Waals surface area contributed by atoms with E-state index in [1.165, 1.54) is 60.7 Å². The summed E-state index contributed by atoms with van der Waals surface area (Å²) < 4.78 is 4.72. The molecule has 7 aromatic rings. The molecule has 2 aromatic heterocycles. The van der Waals surface area contributed by atoms with Crippen LogP contribution in [0.5, 0.6) is 0 Å². The molecule has 0 amide bonds. The monoisotopic (exact) mass is 525 g/mol. The predicted molar refractivity (Wildman–Crippen MR) is 170 cm³/mol. The summed E-state index contributed by atoms with van der Waals surface area (Å²) >= 11 is 0. The van der Waals surface area contributed by atoms with Crippen molar-refractivity contribution in [1.82, 2.24) is 9.13 Å². The normalized spacial score (nSPS) is 14.5. The standard InChI is InChI=1S/C38H27N3/c1-25-16-18-37-33(20-25)31-12-2-4-14-35(31)40(37)29-10-6-8-27(22-29)28-9-7-11-30(23-28)41-36-15-5-3-13-32(36)34-21-26(24-39)17-19-38(34)41/h2-20,22-23,26H,21H2,1H3. The van der Waals surface area contributed by atoms with E-state index in [2.05, 4.69) is 143 Å². The number of fused-ring (bicyclic) bond motifs is 6. The van der Waals surface area contributed by atoms with Gasteiger partial charge in [-0.2, -0.15) is 5.26 Å². The Balaban J connectivity index is 1.29. The number of aryl methyl sites for hydroxylation is 1. The van der Waals surface area contributed by atoms with Crippen molar-refractivity contribution in [3.63, 3.8) is 0 Å². The zero-order chi connectivity index (χ0) is 27.5. The van der Waals surface area contributed by atoms with Crippen LogP contribution in [-0.2, 0) is 6.42 Å². The minimum absolute atomic E-state index is 0.0828. The predicted octanol–water partition coefficient (Wildman–Crippen LogP) is 9.41. The fraction of sp³-hybridized carbons (Fsp3) is 0.0789. The van der Waals surface area contributed by atoms with Crippen LogP contribution in [0.3, 0.4) is 0 Å². The largest absolute Gasteiger partial charge is 0.310 e. The topological polar surface area (TPSA) is 33.6 Å². The van der Waals surface area contributed by atoms with E-state index in [9.17, 15) is 5.26 Å². The summed E-state index contributed by atoms with van der Waals surface area (Å²) in [5.74, 6) is -0.0828. The lowest BCUT2D eigenvalue weighted by atomic mass is 9.93. The van der Waals surface area contributed by atoms with Crippen LogP contribution in [0.2, 0.25) is 0 Å². The lowest BCUT2D eigenvalue weighted by Crippen LogP contribution is -2.06. The van der Waals surface area contributed by atoms with Crippen molar-refractivity contribution in [2.45, 2.75) is 13.3 Å². The lowest BCUT2D eigenvalue weighted by molar-refractivity contribution is 0.809. The minimum Gasteiger partial charge on any atom is -0.310 e. The number of hydrogen-bond donors (Lipinski definition) is 0. The SMILES string of the molecule is Cc1ccc2c(c1)c1ccccc1n2-c1cccc(-c2cccc(-n3c4c(c5ccccc53)CC(C#N)C=C4)c2)c1. The van der Waals surface area contributed by atoms with Crippen LogP contribution < -0.4 is 0 Å². The second-order valence-corrected chi connectivity index (χ2v) is 11.0. The molecule has 0 radical (unpaired) electrons. The van der Waals surface area contributed by atoms with E-state index in [0.29, 0.717) is 0 Å². The van der Waals surface area contributed by atoms with Gasteiger partial charge in [0.25, 0.3) is 0 Å². The van der Waals surface area contributed by atoms with Crippen LogP contribution >= 0.6 is 0 Å². The summed E-state index contributed by atoms with van der Waals surface area (Å²) in [7, 11) is 0. The van der Waals surface area contributed by atoms with Crippen molar-refractivity contribution < 1.29 is 0 Å². The van der Waals surface area contributed by atoms with Gasteiger partial charge in [-0.1, -0.05) is 78.4 Å². The Morgan fingerprint density at radius 1 is 0.634 bits per heavy atom. The van der Waals surface area contributed by atoms with Gasteiger partial charge >= 0.3 is 0 Å². The van der Waals surface area contributed by atoms with Gasteiger partial charge in [-0.3, -0.25) is 0 Å². The number of benzene rings is 5. The number of allylic oxidation sites excluding steroid dienone is 1. The van der Waals surface area contributed by atoms with Gasteiger partial charge in [-0.15, -0.1) is 0 Å². The summed E-state index contributed by atoms with van der Waals surface area (Å²) in [5, 5.41) is 13.4. The zero-order valence-corrected chi connectivity index (χ0v) is 22.8. The van der Waals surface area contributed by atoms with Crippen molar-refractivity contribution >= 4 is 38.8 Å². The molecule has 3 nitrogen and oxygen atoms in total. The Labute approximate surface area is 238 Å². The van der Waals surface area contributed by atoms with Crippen molar-refractivity contribution in [2.24, 2.45) is 5.92 Å². The summed E-state index contributed by atoms with van der Waals surface area (Å²) in [6.45, 7) is 2.15. The lowest BCUT2D eigenvalue weighted by Gasteiger charge is -2.15. The average Bonchev–Trinajstić information content (AvgIpc) is 3.53. The van der Waals surface area contributed by atoms with Crippen LogP contribution in [0, 0.1) is 24.2 Å². The van der Waals surface area contributed by atoms with E-state index in [1.807, 2.05) is 6.08 Å². The number of nitriles is 1. The number of nitrogens with zero attached hydrogens (tertiary/aromatic N) is 3. The second-order valence-electron chi connectivity index (χ2n) is 11.0. The van der Waals surface area contributed by atoms with Gasteiger partial charge in [0.05, 0.1) is 28.5 Å². The molecule has 0 aliphatic heterocycles. The molecular weight excluding hydrogens is 498 g/mol. The van der Waals surface area contributed by atoms with Gasteiger partial charge in [-0.25, -0.2) is 0 Å². The molecule has 0 fully saturated rings. The molecule has 8 rings (SSSR count). The fourth-order valence-corrected chi connectivity index (χ4v) is 6.59. The number of hydrogen-bond acceptors (Lipinski definition) is 1. The molecule has 1 atom stereocenters. The number of aromatic nitrogens is 2. The Morgan fingerprint density at radius 2 is 1.27 bits per heavy atom. The molecule has 0 spiro atoms. The maximum atomic E-state index is 9.59. The molecule has 1 aliphatic carbocycles. The third-order valence-electron chi connectivity index (χ3n) is 8.47. The Kier molecular flexibility index (Phi) is 5.23. The smallest absolute Gasteiger partial charge is 0.0701 e. The van der Waals surface area contributed by atoms with Crippen molar-refractivity contribution in [3.05, 3.63) is 138 Å². The molecule has 1 aliphatic rings. The maximum absolute atomic E-state index is 9.59. The van der Waals surface area contributed by atoms with E-state index in [1.54, 1.807) is 0 Å². The summed E-state index contributed by atoms with van der Waals surface area (Å²) in [4.78, 5) is 0. The van der Waals surface area contributed by atoms with Gasteiger partial charge in [0.1, 0.15) is 0 Å². The Bertz CT molecular complexity index is 2220.